The highest BCUT2D eigenvalue weighted by Crippen LogP contribution is 2.48. The Morgan fingerprint density at radius 3 is 2.00 bits per heavy atom. The monoisotopic (exact) mass is 403 g/mol. The van der Waals surface area contributed by atoms with Crippen LogP contribution in [0.3, 0.4) is 0 Å². The van der Waals surface area contributed by atoms with E-state index in [-0.39, 0.29) is 5.75 Å². The third-order valence-electron chi connectivity index (χ3n) is 5.38. The predicted octanol–water partition coefficient (Wildman–Crippen LogP) is 5.52. The molecule has 3 aromatic rings. The maximum absolute atomic E-state index is 10.9. The van der Waals surface area contributed by atoms with Gasteiger partial charge in [-0.15, -0.1) is 0 Å². The Morgan fingerprint density at radius 2 is 1.40 bits per heavy atom. The Labute approximate surface area is 176 Å². The third kappa shape index (κ3) is 3.26. The summed E-state index contributed by atoms with van der Waals surface area (Å²) in [6.45, 7) is 2.17. The second kappa shape index (κ2) is 8.11. The van der Waals surface area contributed by atoms with Crippen LogP contribution in [0.2, 0.25) is 0 Å². The van der Waals surface area contributed by atoms with Gasteiger partial charge in [-0.2, -0.15) is 0 Å². The molecular weight excluding hydrogens is 378 g/mol. The van der Waals surface area contributed by atoms with Crippen molar-refractivity contribution in [3.05, 3.63) is 65.2 Å². The molecule has 0 amide bonds. The van der Waals surface area contributed by atoms with Crippen LogP contribution < -0.4 is 14.2 Å². The van der Waals surface area contributed by atoms with E-state index in [9.17, 15) is 5.11 Å². The van der Waals surface area contributed by atoms with Crippen LogP contribution in [0.25, 0.3) is 11.1 Å². The van der Waals surface area contributed by atoms with Crippen molar-refractivity contribution < 1.29 is 19.3 Å². The molecule has 5 heteroatoms. The van der Waals surface area contributed by atoms with Crippen molar-refractivity contribution in [1.82, 2.24) is 0 Å². The number of nitrogens with zero attached hydrogens (tertiary/aromatic N) is 1. The van der Waals surface area contributed by atoms with Gasteiger partial charge in [0, 0.05) is 5.56 Å². The average Bonchev–Trinajstić information content (AvgIpc) is 3.07. The van der Waals surface area contributed by atoms with Gasteiger partial charge < -0.3 is 19.3 Å². The molecule has 0 aromatic heterocycles. The molecule has 3 aromatic carbocycles. The minimum atomic E-state index is 0.0745. The first-order chi connectivity index (χ1) is 14.6. The summed E-state index contributed by atoms with van der Waals surface area (Å²) >= 11 is 0. The number of hydrogen-bond donors (Lipinski definition) is 1. The van der Waals surface area contributed by atoms with E-state index >= 15 is 0 Å². The highest BCUT2D eigenvalue weighted by Gasteiger charge is 2.31. The summed E-state index contributed by atoms with van der Waals surface area (Å²) < 4.78 is 16.3. The first-order valence-corrected chi connectivity index (χ1v) is 9.96. The molecule has 1 aliphatic carbocycles. The lowest BCUT2D eigenvalue weighted by Crippen LogP contribution is -2.00. The molecule has 0 unspecified atom stereocenters. The van der Waals surface area contributed by atoms with Crippen molar-refractivity contribution in [3.63, 3.8) is 0 Å². The number of aromatic hydroxyl groups is 1. The van der Waals surface area contributed by atoms with Crippen molar-refractivity contribution in [2.45, 2.75) is 19.8 Å². The van der Waals surface area contributed by atoms with Crippen molar-refractivity contribution in [1.29, 1.82) is 0 Å². The van der Waals surface area contributed by atoms with Crippen LogP contribution in [0.1, 0.15) is 30.0 Å². The minimum Gasteiger partial charge on any atom is -0.504 e. The van der Waals surface area contributed by atoms with Crippen LogP contribution in [0.15, 0.2) is 53.5 Å². The van der Waals surface area contributed by atoms with Gasteiger partial charge in [0.15, 0.2) is 23.0 Å². The summed E-state index contributed by atoms with van der Waals surface area (Å²) in [6, 6.07) is 15.7. The van der Waals surface area contributed by atoms with Gasteiger partial charge in [0.1, 0.15) is 0 Å². The number of methoxy groups -OCH3 is 3. The van der Waals surface area contributed by atoms with Gasteiger partial charge in [0.25, 0.3) is 0 Å². The quantitative estimate of drug-likeness (QED) is 0.460. The molecule has 0 aliphatic heterocycles. The van der Waals surface area contributed by atoms with Gasteiger partial charge >= 0.3 is 0 Å². The summed E-state index contributed by atoms with van der Waals surface area (Å²) in [7, 11) is 4.76. The molecule has 0 saturated carbocycles. The fraction of sp³-hybridized carbons (Fsp3) is 0.240. The Balaban J connectivity index is 1.94. The van der Waals surface area contributed by atoms with Crippen LogP contribution >= 0.6 is 0 Å². The zero-order chi connectivity index (χ0) is 21.3. The fourth-order valence-electron chi connectivity index (χ4n) is 3.90. The molecule has 0 atom stereocenters. The molecule has 0 spiro atoms. The van der Waals surface area contributed by atoms with E-state index in [1.165, 1.54) is 5.56 Å². The molecular formula is C25H25NO4. The molecule has 0 fully saturated rings. The number of phenolic OH excluding ortho intramolecular Hbond substituents is 1. The van der Waals surface area contributed by atoms with E-state index in [0.717, 1.165) is 35.2 Å². The van der Waals surface area contributed by atoms with Gasteiger partial charge in [-0.05, 0) is 59.5 Å². The SMILES string of the molecule is CCCc1ccc(N=C2c3cc(OC)c(OC)cc3-c3ccc(OC)c(O)c32)cc1. The van der Waals surface area contributed by atoms with E-state index in [4.69, 9.17) is 19.2 Å². The summed E-state index contributed by atoms with van der Waals surface area (Å²) in [4.78, 5) is 4.91. The Kier molecular flexibility index (Phi) is 5.36. The smallest absolute Gasteiger partial charge is 0.167 e. The molecule has 154 valence electrons. The topological polar surface area (TPSA) is 60.3 Å². The van der Waals surface area contributed by atoms with Crippen LogP contribution in [-0.2, 0) is 6.42 Å². The molecule has 4 rings (SSSR count). The van der Waals surface area contributed by atoms with Gasteiger partial charge in [-0.1, -0.05) is 25.5 Å². The number of aryl methyl sites for hydroxylation is 1. The number of hydrogen-bond acceptors (Lipinski definition) is 5. The number of benzene rings is 3. The highest BCUT2D eigenvalue weighted by atomic mass is 16.5. The van der Waals surface area contributed by atoms with Gasteiger partial charge in [-0.3, -0.25) is 0 Å². The van der Waals surface area contributed by atoms with Crippen molar-refractivity contribution >= 4 is 11.4 Å². The predicted molar refractivity (Wildman–Crippen MR) is 119 cm³/mol. The van der Waals surface area contributed by atoms with Crippen LogP contribution in [0.5, 0.6) is 23.0 Å². The maximum atomic E-state index is 10.9. The summed E-state index contributed by atoms with van der Waals surface area (Å²) in [5.74, 6) is 1.72. The summed E-state index contributed by atoms with van der Waals surface area (Å²) in [5.41, 5.74) is 6.12. The zero-order valence-electron chi connectivity index (χ0n) is 17.7. The summed E-state index contributed by atoms with van der Waals surface area (Å²) in [6.07, 6.45) is 2.14. The Hall–Kier alpha value is -3.47. The summed E-state index contributed by atoms with van der Waals surface area (Å²) in [5, 5.41) is 10.9. The molecule has 0 saturated heterocycles. The second-order valence-corrected chi connectivity index (χ2v) is 7.17. The van der Waals surface area contributed by atoms with Crippen molar-refractivity contribution in [3.8, 4) is 34.1 Å². The molecule has 0 bridgehead atoms. The highest BCUT2D eigenvalue weighted by molar-refractivity contribution is 6.27. The fourth-order valence-corrected chi connectivity index (χ4v) is 3.90. The van der Waals surface area contributed by atoms with Gasteiger partial charge in [-0.25, -0.2) is 4.99 Å². The normalized spacial score (nSPS) is 13.1. The first-order valence-electron chi connectivity index (χ1n) is 9.96. The first kappa shape index (κ1) is 19.8. The van der Waals surface area contributed by atoms with E-state index in [1.54, 1.807) is 27.4 Å². The number of aliphatic imine (C=N–C) groups is 1. The Bertz CT molecular complexity index is 1120. The maximum Gasteiger partial charge on any atom is 0.167 e. The zero-order valence-corrected chi connectivity index (χ0v) is 17.7. The largest absolute Gasteiger partial charge is 0.504 e. The minimum absolute atomic E-state index is 0.0745. The standard InChI is InChI=1S/C25H25NO4/c1-5-6-15-7-9-16(10-8-15)26-24-19-14-22(30-4)21(29-3)13-18(19)17-11-12-20(28-2)25(27)23(17)24/h7-14,27H,5-6H2,1-4H3. The van der Waals surface area contributed by atoms with Crippen LogP contribution in [0, 0.1) is 0 Å². The molecule has 30 heavy (non-hydrogen) atoms. The number of phenols is 1. The lowest BCUT2D eigenvalue weighted by atomic mass is 10.0. The van der Waals surface area contributed by atoms with Crippen molar-refractivity contribution in [2.24, 2.45) is 4.99 Å². The molecule has 0 heterocycles. The number of ether oxygens (including phenoxy) is 3. The number of rotatable bonds is 6. The second-order valence-electron chi connectivity index (χ2n) is 7.17. The number of fused-ring (bicyclic) bond motifs is 3. The van der Waals surface area contributed by atoms with Crippen molar-refractivity contribution in [2.75, 3.05) is 21.3 Å². The average molecular weight is 403 g/mol. The van der Waals surface area contributed by atoms with E-state index < -0.39 is 0 Å². The third-order valence-corrected chi connectivity index (χ3v) is 5.38. The molecule has 0 radical (unpaired) electrons. The van der Waals surface area contributed by atoms with E-state index in [2.05, 4.69) is 19.1 Å². The molecule has 5 nitrogen and oxygen atoms in total. The van der Waals surface area contributed by atoms with Gasteiger partial charge in [0.05, 0.1) is 38.3 Å². The van der Waals surface area contributed by atoms with Crippen LogP contribution in [-0.4, -0.2) is 32.1 Å². The van der Waals surface area contributed by atoms with E-state index in [0.29, 0.717) is 28.5 Å². The lowest BCUT2D eigenvalue weighted by molar-refractivity contribution is 0.355. The van der Waals surface area contributed by atoms with Gasteiger partial charge in [0.2, 0.25) is 0 Å². The lowest BCUT2D eigenvalue weighted by Gasteiger charge is -2.10. The van der Waals surface area contributed by atoms with E-state index in [1.807, 2.05) is 30.3 Å². The molecule has 1 N–H and O–H groups in total. The van der Waals surface area contributed by atoms with Crippen LogP contribution in [0.4, 0.5) is 5.69 Å². The Morgan fingerprint density at radius 1 is 0.767 bits per heavy atom. The molecule has 1 aliphatic rings.